The van der Waals surface area contributed by atoms with Gasteiger partial charge in [-0.1, -0.05) is 13.0 Å². The molecular formula is C17H26N2O2. The molecule has 0 aromatic heterocycles. The Kier molecular flexibility index (Phi) is 5.48. The summed E-state index contributed by atoms with van der Waals surface area (Å²) in [4.78, 5) is 14.1. The van der Waals surface area contributed by atoms with E-state index in [0.717, 1.165) is 24.5 Å². The van der Waals surface area contributed by atoms with Gasteiger partial charge in [0.2, 0.25) is 5.91 Å². The van der Waals surface area contributed by atoms with Crippen molar-refractivity contribution in [3.05, 3.63) is 24.3 Å². The van der Waals surface area contributed by atoms with E-state index < -0.39 is 0 Å². The molecule has 0 spiro atoms. The Morgan fingerprint density at radius 3 is 2.71 bits per heavy atom. The molecule has 4 heteroatoms. The molecule has 0 aliphatic heterocycles. The van der Waals surface area contributed by atoms with E-state index in [1.54, 1.807) is 6.07 Å². The number of hydrogen-bond acceptors (Lipinski definition) is 3. The zero-order valence-electron chi connectivity index (χ0n) is 13.0. The van der Waals surface area contributed by atoms with Crippen LogP contribution in [-0.4, -0.2) is 30.5 Å². The van der Waals surface area contributed by atoms with Crippen LogP contribution in [-0.2, 0) is 4.79 Å². The maximum atomic E-state index is 12.2. The molecule has 0 atom stereocenters. The molecule has 1 aliphatic carbocycles. The average Bonchev–Trinajstić information content (AvgIpc) is 2.47. The first-order valence-corrected chi connectivity index (χ1v) is 7.80. The number of nitrogen functional groups attached to an aromatic ring is 1. The summed E-state index contributed by atoms with van der Waals surface area (Å²) in [6, 6.07) is 7.70. The van der Waals surface area contributed by atoms with Gasteiger partial charge < -0.3 is 15.4 Å². The molecule has 21 heavy (non-hydrogen) atoms. The molecule has 1 amide bonds. The summed E-state index contributed by atoms with van der Waals surface area (Å²) in [6.45, 7) is 2.69. The molecule has 1 fully saturated rings. The lowest BCUT2D eigenvalue weighted by molar-refractivity contribution is -0.133. The van der Waals surface area contributed by atoms with Crippen molar-refractivity contribution in [3.63, 3.8) is 0 Å². The van der Waals surface area contributed by atoms with Gasteiger partial charge in [0, 0.05) is 24.8 Å². The van der Waals surface area contributed by atoms with Crippen molar-refractivity contribution < 1.29 is 9.53 Å². The maximum absolute atomic E-state index is 12.2. The van der Waals surface area contributed by atoms with Crippen molar-refractivity contribution in [1.82, 2.24) is 4.90 Å². The second-order valence-electron chi connectivity index (χ2n) is 6.09. The largest absolute Gasteiger partial charge is 0.493 e. The topological polar surface area (TPSA) is 55.6 Å². The normalized spacial score (nSPS) is 21.8. The van der Waals surface area contributed by atoms with Crippen molar-refractivity contribution >= 4 is 11.6 Å². The summed E-state index contributed by atoms with van der Waals surface area (Å²) >= 11 is 0. The predicted octanol–water partition coefficient (Wildman–Crippen LogP) is 3.07. The Balaban J connectivity index is 1.74. The number of carbonyl (C=O) groups excluding carboxylic acids is 1. The van der Waals surface area contributed by atoms with Gasteiger partial charge in [-0.2, -0.15) is 0 Å². The third-order valence-electron chi connectivity index (χ3n) is 4.37. The van der Waals surface area contributed by atoms with Crippen LogP contribution in [0, 0.1) is 5.92 Å². The van der Waals surface area contributed by atoms with Crippen molar-refractivity contribution in [3.8, 4) is 5.75 Å². The maximum Gasteiger partial charge on any atom is 0.225 e. The van der Waals surface area contributed by atoms with Crippen molar-refractivity contribution in [1.29, 1.82) is 0 Å². The van der Waals surface area contributed by atoms with Gasteiger partial charge in [-0.05, 0) is 43.7 Å². The number of anilines is 1. The Morgan fingerprint density at radius 2 is 2.05 bits per heavy atom. The first-order valence-electron chi connectivity index (χ1n) is 7.80. The van der Waals surface area contributed by atoms with Crippen LogP contribution in [0.15, 0.2) is 24.3 Å². The van der Waals surface area contributed by atoms with Crippen LogP contribution in [0.1, 0.15) is 39.0 Å². The number of benzene rings is 1. The fourth-order valence-electron chi connectivity index (χ4n) is 2.87. The molecule has 0 heterocycles. The van der Waals surface area contributed by atoms with Crippen LogP contribution in [0.3, 0.4) is 0 Å². The molecule has 0 saturated heterocycles. The standard InChI is InChI=1S/C17H26N2O2/c1-13-6-8-15(9-7-13)19(2)17(20)10-11-21-16-5-3-4-14(18)12-16/h3-5,12-13,15H,6-11,18H2,1-2H3. The van der Waals surface area contributed by atoms with Crippen molar-refractivity contribution in [2.75, 3.05) is 19.4 Å². The van der Waals surface area contributed by atoms with Gasteiger partial charge in [-0.3, -0.25) is 4.79 Å². The molecule has 1 aromatic rings. The summed E-state index contributed by atoms with van der Waals surface area (Å²) < 4.78 is 5.58. The van der Waals surface area contributed by atoms with Crippen LogP contribution in [0.2, 0.25) is 0 Å². The lowest BCUT2D eigenvalue weighted by Gasteiger charge is -2.33. The molecule has 2 rings (SSSR count). The molecule has 1 aromatic carbocycles. The smallest absolute Gasteiger partial charge is 0.225 e. The highest BCUT2D eigenvalue weighted by molar-refractivity contribution is 5.76. The third-order valence-corrected chi connectivity index (χ3v) is 4.37. The highest BCUT2D eigenvalue weighted by atomic mass is 16.5. The molecule has 4 nitrogen and oxygen atoms in total. The van der Waals surface area contributed by atoms with Gasteiger partial charge in [-0.15, -0.1) is 0 Å². The molecule has 0 bridgehead atoms. The molecule has 2 N–H and O–H groups in total. The van der Waals surface area contributed by atoms with Crippen molar-refractivity contribution in [2.45, 2.75) is 45.1 Å². The summed E-state index contributed by atoms with van der Waals surface area (Å²) in [6.07, 6.45) is 5.11. The van der Waals surface area contributed by atoms with E-state index in [-0.39, 0.29) is 5.91 Å². The lowest BCUT2D eigenvalue weighted by atomic mass is 9.86. The zero-order chi connectivity index (χ0) is 15.2. The van der Waals surface area contributed by atoms with Crippen molar-refractivity contribution in [2.24, 2.45) is 5.92 Å². The second-order valence-corrected chi connectivity index (χ2v) is 6.09. The molecule has 0 unspecified atom stereocenters. The minimum Gasteiger partial charge on any atom is -0.493 e. The Morgan fingerprint density at radius 1 is 1.33 bits per heavy atom. The highest BCUT2D eigenvalue weighted by Gasteiger charge is 2.24. The molecule has 116 valence electrons. The third kappa shape index (κ3) is 4.66. The number of nitrogens with two attached hydrogens (primary N) is 1. The average molecular weight is 290 g/mol. The molecule has 0 radical (unpaired) electrons. The number of carbonyl (C=O) groups is 1. The van der Waals surface area contributed by atoms with Crippen LogP contribution >= 0.6 is 0 Å². The minimum atomic E-state index is 0.165. The fraction of sp³-hybridized carbons (Fsp3) is 0.588. The lowest BCUT2D eigenvalue weighted by Crippen LogP contribution is -2.39. The Labute approximate surface area is 127 Å². The van der Waals surface area contributed by atoms with Gasteiger partial charge in [-0.25, -0.2) is 0 Å². The number of hydrogen-bond donors (Lipinski definition) is 1. The first kappa shape index (κ1) is 15.7. The number of amides is 1. The fourth-order valence-corrected chi connectivity index (χ4v) is 2.87. The van der Waals surface area contributed by atoms with Crippen LogP contribution in [0.25, 0.3) is 0 Å². The van der Waals surface area contributed by atoms with E-state index in [4.69, 9.17) is 10.5 Å². The molecular weight excluding hydrogens is 264 g/mol. The number of rotatable bonds is 5. The predicted molar refractivity (Wildman–Crippen MR) is 85.2 cm³/mol. The van der Waals surface area contributed by atoms with E-state index >= 15 is 0 Å². The van der Waals surface area contributed by atoms with Gasteiger partial charge in [0.1, 0.15) is 5.75 Å². The van der Waals surface area contributed by atoms with E-state index in [9.17, 15) is 4.79 Å². The summed E-state index contributed by atoms with van der Waals surface area (Å²) in [5.41, 5.74) is 6.37. The van der Waals surface area contributed by atoms with Gasteiger partial charge in [0.05, 0.1) is 13.0 Å². The summed E-state index contributed by atoms with van der Waals surface area (Å²) in [5, 5.41) is 0. The summed E-state index contributed by atoms with van der Waals surface area (Å²) in [5.74, 6) is 1.69. The number of ether oxygens (including phenoxy) is 1. The number of nitrogens with zero attached hydrogens (tertiary/aromatic N) is 1. The SMILES string of the molecule is CC1CCC(N(C)C(=O)CCOc2cccc(N)c2)CC1. The van der Waals surface area contributed by atoms with E-state index in [1.165, 1.54) is 12.8 Å². The first-order chi connectivity index (χ1) is 10.1. The van der Waals surface area contributed by atoms with E-state index in [2.05, 4.69) is 6.92 Å². The zero-order valence-corrected chi connectivity index (χ0v) is 13.0. The van der Waals surface area contributed by atoms with Gasteiger partial charge in [0.25, 0.3) is 0 Å². The Bertz CT molecular complexity index is 468. The van der Waals surface area contributed by atoms with Crippen LogP contribution < -0.4 is 10.5 Å². The Hall–Kier alpha value is -1.71. The summed E-state index contributed by atoms with van der Waals surface area (Å²) in [7, 11) is 1.92. The highest BCUT2D eigenvalue weighted by Crippen LogP contribution is 2.26. The second kappa shape index (κ2) is 7.34. The van der Waals surface area contributed by atoms with Gasteiger partial charge in [0.15, 0.2) is 0 Å². The quantitative estimate of drug-likeness (QED) is 0.848. The van der Waals surface area contributed by atoms with Crippen LogP contribution in [0.4, 0.5) is 5.69 Å². The molecule has 1 saturated carbocycles. The van der Waals surface area contributed by atoms with Crippen LogP contribution in [0.5, 0.6) is 5.75 Å². The molecule has 1 aliphatic rings. The van der Waals surface area contributed by atoms with E-state index in [0.29, 0.717) is 24.8 Å². The van der Waals surface area contributed by atoms with E-state index in [1.807, 2.05) is 30.1 Å². The minimum absolute atomic E-state index is 0.165. The monoisotopic (exact) mass is 290 g/mol. The van der Waals surface area contributed by atoms with Gasteiger partial charge >= 0.3 is 0 Å².